The van der Waals surface area contributed by atoms with Crippen LogP contribution in [0.5, 0.6) is 0 Å². The Bertz CT molecular complexity index is 2290. The molecule has 51 heavy (non-hydrogen) atoms. The first kappa shape index (κ1) is 35.9. The first-order chi connectivity index (χ1) is 24.6. The number of aromatic nitrogens is 8. The SMILES string of the molecule is CCn1nc(C)cc1C(=O)Nc1nc2cc(C=O)ccc2n1C/C=C/Cn1c(NC(=O)c2cc(C)nn2CC)nc2cc(C(N)=O)ccc21.CN. The molecule has 0 saturated carbocycles. The monoisotopic (exact) mass is 692 g/mol. The molecule has 4 heterocycles. The van der Waals surface area contributed by atoms with Gasteiger partial charge in [-0.3, -0.25) is 39.2 Å². The number of carbonyl (C=O) groups is 4. The smallest absolute Gasteiger partial charge is 0.276 e. The standard InChI is InChI=1S/C34H35N11O4.CH5N/c1-5-44-28(15-20(3)40-44)31(48)38-33-36-24-17-22(19-46)9-11-26(24)42(33)13-7-8-14-43-27-12-10-23(30(35)47)18-25(27)37-34(43)39-32(49)29-16-21(4)41-45(29)6-2;1-2/h7-12,15-19H,5-6,13-14H2,1-4H3,(H2,35,47)(H,36,38,48)(H,37,39,49);2H2,1H3/b8-7+;. The van der Waals surface area contributed by atoms with Gasteiger partial charge in [0.05, 0.1) is 33.5 Å². The normalized spacial score (nSPS) is 11.2. The van der Waals surface area contributed by atoms with Crippen LogP contribution in [0.1, 0.15) is 66.9 Å². The third kappa shape index (κ3) is 7.45. The Hall–Kier alpha value is -6.42. The highest BCUT2D eigenvalue weighted by molar-refractivity contribution is 6.04. The lowest BCUT2D eigenvalue weighted by atomic mass is 10.2. The molecule has 0 saturated heterocycles. The van der Waals surface area contributed by atoms with Gasteiger partial charge in [0.2, 0.25) is 17.8 Å². The van der Waals surface area contributed by atoms with E-state index in [0.717, 1.165) is 12.0 Å². The number of hydrogen-bond acceptors (Lipinski definition) is 9. The fraction of sp³-hybridized carbons (Fsp3) is 0.257. The molecule has 6 aromatic rings. The van der Waals surface area contributed by atoms with E-state index >= 15 is 0 Å². The number of aldehydes is 1. The zero-order valence-corrected chi connectivity index (χ0v) is 29.0. The molecule has 0 unspecified atom stereocenters. The highest BCUT2D eigenvalue weighted by atomic mass is 16.2. The van der Waals surface area contributed by atoms with Crippen molar-refractivity contribution in [1.82, 2.24) is 38.7 Å². The highest BCUT2D eigenvalue weighted by Gasteiger charge is 2.20. The average molecular weight is 693 g/mol. The molecule has 6 rings (SSSR count). The molecule has 0 aliphatic carbocycles. The van der Waals surface area contributed by atoms with Crippen molar-refractivity contribution in [3.63, 3.8) is 0 Å². The molecule has 4 aromatic heterocycles. The minimum atomic E-state index is -0.589. The summed E-state index contributed by atoms with van der Waals surface area (Å²) in [5.41, 5.74) is 15.4. The number of fused-ring (bicyclic) bond motifs is 2. The summed E-state index contributed by atoms with van der Waals surface area (Å²) in [5.74, 6) is -0.749. The molecule has 0 radical (unpaired) electrons. The Morgan fingerprint density at radius 1 is 0.725 bits per heavy atom. The van der Waals surface area contributed by atoms with E-state index in [4.69, 9.17) is 5.73 Å². The summed E-state index contributed by atoms with van der Waals surface area (Å²) in [6.45, 7) is 9.09. The van der Waals surface area contributed by atoms with Crippen molar-refractivity contribution in [2.24, 2.45) is 11.5 Å². The zero-order valence-electron chi connectivity index (χ0n) is 29.0. The van der Waals surface area contributed by atoms with Crippen molar-refractivity contribution in [2.45, 2.75) is 53.9 Å². The number of nitrogens with one attached hydrogen (secondary N) is 2. The molecular weight excluding hydrogens is 652 g/mol. The number of nitrogens with two attached hydrogens (primary N) is 2. The van der Waals surface area contributed by atoms with Crippen LogP contribution < -0.4 is 22.1 Å². The fourth-order valence-electron chi connectivity index (χ4n) is 5.69. The number of amides is 3. The van der Waals surface area contributed by atoms with Gasteiger partial charge in [0.1, 0.15) is 17.7 Å². The molecule has 16 nitrogen and oxygen atoms in total. The molecule has 0 spiro atoms. The molecule has 0 fully saturated rings. The largest absolute Gasteiger partial charge is 0.366 e. The van der Waals surface area contributed by atoms with Crippen molar-refractivity contribution in [3.8, 4) is 0 Å². The second-order valence-corrected chi connectivity index (χ2v) is 11.4. The Kier molecular flexibility index (Phi) is 10.8. The van der Waals surface area contributed by atoms with E-state index in [2.05, 4.69) is 36.5 Å². The maximum atomic E-state index is 13.3. The van der Waals surface area contributed by atoms with Gasteiger partial charge in [-0.15, -0.1) is 0 Å². The Labute approximate surface area is 293 Å². The van der Waals surface area contributed by atoms with Crippen molar-refractivity contribution >= 4 is 58.0 Å². The number of carbonyl (C=O) groups excluding carboxylic acids is 4. The molecular formula is C35H40N12O4. The van der Waals surface area contributed by atoms with E-state index in [9.17, 15) is 19.2 Å². The predicted molar refractivity (Wildman–Crippen MR) is 194 cm³/mol. The summed E-state index contributed by atoms with van der Waals surface area (Å²) >= 11 is 0. The van der Waals surface area contributed by atoms with Crippen LogP contribution in [-0.2, 0) is 26.2 Å². The minimum Gasteiger partial charge on any atom is -0.366 e. The molecule has 0 aliphatic heterocycles. The van der Waals surface area contributed by atoms with E-state index in [1.54, 1.807) is 57.9 Å². The molecule has 6 N–H and O–H groups in total. The number of nitrogens with zero attached hydrogens (tertiary/aromatic N) is 8. The van der Waals surface area contributed by atoms with Crippen molar-refractivity contribution in [1.29, 1.82) is 0 Å². The number of benzene rings is 2. The van der Waals surface area contributed by atoms with Crippen LogP contribution in [0.3, 0.4) is 0 Å². The van der Waals surface area contributed by atoms with E-state index in [0.29, 0.717) is 82.4 Å². The maximum absolute atomic E-state index is 13.3. The first-order valence-corrected chi connectivity index (χ1v) is 16.3. The van der Waals surface area contributed by atoms with Gasteiger partial charge >= 0.3 is 0 Å². The molecule has 0 aliphatic rings. The van der Waals surface area contributed by atoms with Gasteiger partial charge in [-0.05, 0) is 83.3 Å². The number of anilines is 2. The van der Waals surface area contributed by atoms with Crippen LogP contribution >= 0.6 is 0 Å². The number of rotatable bonds is 12. The third-order valence-electron chi connectivity index (χ3n) is 8.00. The van der Waals surface area contributed by atoms with Gasteiger partial charge in [0.15, 0.2) is 0 Å². The Balaban J connectivity index is 0.00000248. The van der Waals surface area contributed by atoms with E-state index in [1.807, 2.05) is 49.0 Å². The fourth-order valence-corrected chi connectivity index (χ4v) is 5.69. The van der Waals surface area contributed by atoms with Gasteiger partial charge in [-0.2, -0.15) is 10.2 Å². The quantitative estimate of drug-likeness (QED) is 0.109. The van der Waals surface area contributed by atoms with Crippen LogP contribution in [-0.4, -0.2) is 69.7 Å². The van der Waals surface area contributed by atoms with Gasteiger partial charge in [-0.25, -0.2) is 9.97 Å². The van der Waals surface area contributed by atoms with Gasteiger partial charge < -0.3 is 20.6 Å². The lowest BCUT2D eigenvalue weighted by molar-refractivity contribution is 0.0994. The predicted octanol–water partition coefficient (Wildman–Crippen LogP) is 3.68. The van der Waals surface area contributed by atoms with Gasteiger partial charge in [0, 0.05) is 37.3 Å². The van der Waals surface area contributed by atoms with Crippen molar-refractivity contribution in [2.75, 3.05) is 17.7 Å². The summed E-state index contributed by atoms with van der Waals surface area (Å²) in [6.07, 6.45) is 4.54. The number of primary amides is 1. The molecule has 0 bridgehead atoms. The van der Waals surface area contributed by atoms with Crippen LogP contribution in [0.15, 0.2) is 60.7 Å². The third-order valence-corrected chi connectivity index (χ3v) is 8.00. The maximum Gasteiger partial charge on any atom is 0.276 e. The number of allylic oxidation sites excluding steroid dienone is 2. The van der Waals surface area contributed by atoms with E-state index < -0.39 is 5.91 Å². The highest BCUT2D eigenvalue weighted by Crippen LogP contribution is 2.24. The minimum absolute atomic E-state index is 0.276. The summed E-state index contributed by atoms with van der Waals surface area (Å²) in [4.78, 5) is 59.3. The van der Waals surface area contributed by atoms with E-state index in [1.165, 1.54) is 7.05 Å². The number of hydrogen-bond donors (Lipinski definition) is 4. The lowest BCUT2D eigenvalue weighted by Crippen LogP contribution is -2.20. The van der Waals surface area contributed by atoms with Crippen molar-refractivity contribution in [3.05, 3.63) is 94.6 Å². The Morgan fingerprint density at radius 2 is 1.20 bits per heavy atom. The molecule has 264 valence electrons. The van der Waals surface area contributed by atoms with Gasteiger partial charge in [0.25, 0.3) is 11.8 Å². The van der Waals surface area contributed by atoms with Crippen LogP contribution in [0.25, 0.3) is 22.1 Å². The molecule has 16 heteroatoms. The number of imidazole rings is 2. The number of aryl methyl sites for hydroxylation is 4. The molecule has 0 atom stereocenters. The molecule has 2 aromatic carbocycles. The summed E-state index contributed by atoms with van der Waals surface area (Å²) in [5, 5.41) is 14.6. The summed E-state index contributed by atoms with van der Waals surface area (Å²) in [6, 6.07) is 13.5. The van der Waals surface area contributed by atoms with Gasteiger partial charge in [-0.1, -0.05) is 12.2 Å². The van der Waals surface area contributed by atoms with Crippen molar-refractivity contribution < 1.29 is 19.2 Å². The second-order valence-electron chi connectivity index (χ2n) is 11.4. The first-order valence-electron chi connectivity index (χ1n) is 16.3. The topological polar surface area (TPSA) is 216 Å². The summed E-state index contributed by atoms with van der Waals surface area (Å²) < 4.78 is 6.88. The summed E-state index contributed by atoms with van der Waals surface area (Å²) in [7, 11) is 1.50. The molecule has 3 amide bonds. The zero-order chi connectivity index (χ0) is 36.8. The van der Waals surface area contributed by atoms with E-state index in [-0.39, 0.29) is 17.8 Å². The van der Waals surface area contributed by atoms with Crippen LogP contribution in [0.2, 0.25) is 0 Å². The van der Waals surface area contributed by atoms with Crippen LogP contribution in [0, 0.1) is 13.8 Å². The second kappa shape index (κ2) is 15.4. The average Bonchev–Trinajstić information content (AvgIpc) is 3.89. The van der Waals surface area contributed by atoms with Crippen LogP contribution in [0.4, 0.5) is 11.9 Å². The Morgan fingerprint density at radius 3 is 1.65 bits per heavy atom. The lowest BCUT2D eigenvalue weighted by Gasteiger charge is -2.10.